The molecule has 0 amide bonds. The van der Waals surface area contributed by atoms with Crippen LogP contribution < -0.4 is 5.73 Å². The maximum atomic E-state index is 12.0. The van der Waals surface area contributed by atoms with Gasteiger partial charge in [0.1, 0.15) is 0 Å². The van der Waals surface area contributed by atoms with Crippen molar-refractivity contribution in [2.24, 2.45) is 5.73 Å². The van der Waals surface area contributed by atoms with Crippen molar-refractivity contribution in [3.63, 3.8) is 0 Å². The van der Waals surface area contributed by atoms with Crippen LogP contribution in [-0.4, -0.2) is 11.8 Å². The molecule has 1 unspecified atom stereocenters. The fourth-order valence-electron chi connectivity index (χ4n) is 1.84. The van der Waals surface area contributed by atoms with Gasteiger partial charge < -0.3 is 5.73 Å². The van der Waals surface area contributed by atoms with Crippen LogP contribution in [-0.2, 0) is 0 Å². The minimum Gasteiger partial charge on any atom is -0.327 e. The first-order chi connectivity index (χ1) is 7.27. The molecule has 0 bridgehead atoms. The van der Waals surface area contributed by atoms with Crippen LogP contribution in [0, 0.1) is 0 Å². The molecule has 0 saturated heterocycles. The maximum absolute atomic E-state index is 12.0. The van der Waals surface area contributed by atoms with E-state index in [1.807, 2.05) is 36.4 Å². The summed E-state index contributed by atoms with van der Waals surface area (Å²) in [6.07, 6.45) is 4.55. The molecule has 1 aliphatic rings. The Morgan fingerprint density at radius 1 is 1.27 bits per heavy atom. The first-order valence-corrected chi connectivity index (χ1v) is 5.32. The van der Waals surface area contributed by atoms with Gasteiger partial charge in [0, 0.05) is 11.6 Å². The van der Waals surface area contributed by atoms with Crippen molar-refractivity contribution in [1.29, 1.82) is 0 Å². The van der Waals surface area contributed by atoms with E-state index < -0.39 is 0 Å². The maximum Gasteiger partial charge on any atom is 0.188 e. The number of allylic oxidation sites excluding steroid dienone is 1. The number of nitrogens with two attached hydrogens (primary N) is 1. The molecule has 2 nitrogen and oxygen atoms in total. The quantitative estimate of drug-likeness (QED) is 0.746. The van der Waals surface area contributed by atoms with Gasteiger partial charge >= 0.3 is 0 Å². The third-order valence-corrected chi connectivity index (χ3v) is 2.78. The second kappa shape index (κ2) is 4.41. The van der Waals surface area contributed by atoms with Gasteiger partial charge in [0.05, 0.1) is 0 Å². The van der Waals surface area contributed by atoms with E-state index in [0.717, 1.165) is 30.4 Å². The van der Waals surface area contributed by atoms with Crippen molar-refractivity contribution in [2.45, 2.75) is 25.3 Å². The Hall–Kier alpha value is -1.41. The van der Waals surface area contributed by atoms with Crippen LogP contribution in [0.1, 0.15) is 29.6 Å². The van der Waals surface area contributed by atoms with Crippen LogP contribution in [0.15, 0.2) is 42.0 Å². The third kappa shape index (κ3) is 2.34. The Morgan fingerprint density at radius 3 is 2.60 bits per heavy atom. The summed E-state index contributed by atoms with van der Waals surface area (Å²) in [5, 5.41) is 0. The monoisotopic (exact) mass is 201 g/mol. The minimum absolute atomic E-state index is 0.155. The Balaban J connectivity index is 2.16. The zero-order chi connectivity index (χ0) is 10.7. The Bertz CT molecular complexity index is 381. The van der Waals surface area contributed by atoms with E-state index in [1.54, 1.807) is 0 Å². The molecule has 2 rings (SSSR count). The van der Waals surface area contributed by atoms with E-state index in [1.165, 1.54) is 0 Å². The number of hydrogen-bond acceptors (Lipinski definition) is 2. The molecular weight excluding hydrogens is 186 g/mol. The predicted octanol–water partition coefficient (Wildman–Crippen LogP) is 2.31. The number of rotatable bonds is 2. The highest BCUT2D eigenvalue weighted by molar-refractivity contribution is 6.08. The summed E-state index contributed by atoms with van der Waals surface area (Å²) in [6.45, 7) is 0. The van der Waals surface area contributed by atoms with Gasteiger partial charge in [-0.25, -0.2) is 0 Å². The number of Topliss-reactive ketones (excluding diaryl/α,β-unsaturated/α-hetero) is 1. The number of ketones is 1. The number of benzene rings is 1. The van der Waals surface area contributed by atoms with Gasteiger partial charge in [-0.3, -0.25) is 4.79 Å². The zero-order valence-electron chi connectivity index (χ0n) is 8.65. The summed E-state index contributed by atoms with van der Waals surface area (Å²) in [5.41, 5.74) is 7.48. The van der Waals surface area contributed by atoms with Crippen molar-refractivity contribution >= 4 is 5.78 Å². The van der Waals surface area contributed by atoms with Crippen LogP contribution in [0.4, 0.5) is 0 Å². The van der Waals surface area contributed by atoms with E-state index in [4.69, 9.17) is 5.73 Å². The van der Waals surface area contributed by atoms with Gasteiger partial charge in [-0.15, -0.1) is 0 Å². The lowest BCUT2D eigenvalue weighted by atomic mass is 9.91. The molecular formula is C13H15NO. The Morgan fingerprint density at radius 2 is 2.00 bits per heavy atom. The molecule has 1 atom stereocenters. The molecule has 1 aromatic carbocycles. The largest absolute Gasteiger partial charge is 0.327 e. The predicted molar refractivity (Wildman–Crippen MR) is 60.7 cm³/mol. The summed E-state index contributed by atoms with van der Waals surface area (Å²) >= 11 is 0. The van der Waals surface area contributed by atoms with Crippen LogP contribution in [0.3, 0.4) is 0 Å². The van der Waals surface area contributed by atoms with Crippen LogP contribution in [0.25, 0.3) is 0 Å². The van der Waals surface area contributed by atoms with E-state index in [0.29, 0.717) is 0 Å². The van der Waals surface area contributed by atoms with Gasteiger partial charge in [-0.1, -0.05) is 36.4 Å². The normalized spacial score (nSPS) is 20.9. The van der Waals surface area contributed by atoms with E-state index in [-0.39, 0.29) is 11.8 Å². The highest BCUT2D eigenvalue weighted by Gasteiger charge is 2.16. The molecule has 2 N–H and O–H groups in total. The van der Waals surface area contributed by atoms with Crippen molar-refractivity contribution in [3.05, 3.63) is 47.5 Å². The van der Waals surface area contributed by atoms with Gasteiger partial charge in [-0.2, -0.15) is 0 Å². The van der Waals surface area contributed by atoms with Crippen molar-refractivity contribution in [1.82, 2.24) is 0 Å². The van der Waals surface area contributed by atoms with Gasteiger partial charge in [0.25, 0.3) is 0 Å². The molecule has 78 valence electrons. The average Bonchev–Trinajstić information content (AvgIpc) is 2.30. The van der Waals surface area contributed by atoms with Crippen LogP contribution in [0.5, 0.6) is 0 Å². The lowest BCUT2D eigenvalue weighted by Crippen LogP contribution is -2.23. The topological polar surface area (TPSA) is 43.1 Å². The second-order valence-electron chi connectivity index (χ2n) is 3.96. The molecule has 1 aromatic rings. The molecule has 0 aliphatic heterocycles. The molecule has 15 heavy (non-hydrogen) atoms. The van der Waals surface area contributed by atoms with Crippen molar-refractivity contribution in [2.75, 3.05) is 0 Å². The van der Waals surface area contributed by atoms with Crippen molar-refractivity contribution < 1.29 is 4.79 Å². The summed E-state index contributed by atoms with van der Waals surface area (Å²) in [7, 11) is 0. The van der Waals surface area contributed by atoms with Crippen molar-refractivity contribution in [3.8, 4) is 0 Å². The Labute approximate surface area is 89.8 Å². The van der Waals surface area contributed by atoms with Crippen LogP contribution in [0.2, 0.25) is 0 Å². The number of carbonyl (C=O) groups is 1. The second-order valence-corrected chi connectivity index (χ2v) is 3.96. The fraction of sp³-hybridized carbons (Fsp3) is 0.308. The molecule has 2 heteroatoms. The highest BCUT2D eigenvalue weighted by Crippen LogP contribution is 2.20. The first kappa shape index (κ1) is 10.1. The summed E-state index contributed by atoms with van der Waals surface area (Å²) < 4.78 is 0. The van der Waals surface area contributed by atoms with Crippen LogP contribution >= 0.6 is 0 Å². The van der Waals surface area contributed by atoms with Gasteiger partial charge in [-0.05, 0) is 24.8 Å². The average molecular weight is 201 g/mol. The molecule has 1 aliphatic carbocycles. The third-order valence-electron chi connectivity index (χ3n) is 2.78. The number of carbonyl (C=O) groups excluding carboxylic acids is 1. The molecule has 0 aromatic heterocycles. The molecule has 0 spiro atoms. The molecule has 0 radical (unpaired) electrons. The number of hydrogen-bond donors (Lipinski definition) is 1. The summed E-state index contributed by atoms with van der Waals surface area (Å²) in [5.74, 6) is 0.155. The van der Waals surface area contributed by atoms with E-state index >= 15 is 0 Å². The standard InChI is InChI=1S/C13H15NO/c14-12-8-6-11(7-9-12)13(15)10-4-2-1-3-5-10/h1-6,12H,7-9,14H2. The van der Waals surface area contributed by atoms with Gasteiger partial charge in [0.2, 0.25) is 0 Å². The fourth-order valence-corrected chi connectivity index (χ4v) is 1.84. The molecule has 0 saturated carbocycles. The Kier molecular flexibility index (Phi) is 2.97. The SMILES string of the molecule is NC1CC=C(C(=O)c2ccccc2)CC1. The van der Waals surface area contributed by atoms with E-state index in [9.17, 15) is 4.79 Å². The molecule has 0 heterocycles. The lowest BCUT2D eigenvalue weighted by molar-refractivity contribution is 0.102. The lowest BCUT2D eigenvalue weighted by Gasteiger charge is -2.17. The zero-order valence-corrected chi connectivity index (χ0v) is 8.65. The first-order valence-electron chi connectivity index (χ1n) is 5.32. The highest BCUT2D eigenvalue weighted by atomic mass is 16.1. The summed E-state index contributed by atoms with van der Waals surface area (Å²) in [4.78, 5) is 12.0. The minimum atomic E-state index is 0.155. The van der Waals surface area contributed by atoms with Gasteiger partial charge in [0.15, 0.2) is 5.78 Å². The van der Waals surface area contributed by atoms with E-state index in [2.05, 4.69) is 0 Å². The smallest absolute Gasteiger partial charge is 0.188 e. The molecule has 0 fully saturated rings. The summed E-state index contributed by atoms with van der Waals surface area (Å²) in [6, 6.07) is 9.65.